The Kier molecular flexibility index (Phi) is 3.52. The van der Waals surface area contributed by atoms with Crippen LogP contribution in [0.2, 0.25) is 0 Å². The fourth-order valence-corrected chi connectivity index (χ4v) is 2.84. The third kappa shape index (κ3) is 2.55. The van der Waals surface area contributed by atoms with Crippen molar-refractivity contribution in [3.63, 3.8) is 0 Å². The lowest BCUT2D eigenvalue weighted by Crippen LogP contribution is -2.31. The Bertz CT molecular complexity index is 415. The largest absolute Gasteiger partial charge is 0.466 e. The number of halogens is 2. The molecule has 1 aromatic heterocycles. The molecule has 1 heterocycles. The first-order valence-corrected chi connectivity index (χ1v) is 6.69. The molecule has 16 heavy (non-hydrogen) atoms. The van der Waals surface area contributed by atoms with Crippen LogP contribution < -0.4 is 4.74 Å². The first kappa shape index (κ1) is 12.3. The van der Waals surface area contributed by atoms with Gasteiger partial charge in [-0.2, -0.15) is 9.97 Å². The Hall–Kier alpha value is -0.190. The molecule has 0 spiro atoms. The van der Waals surface area contributed by atoms with E-state index in [0.29, 0.717) is 12.8 Å². The minimum atomic E-state index is -0.845. The molecule has 0 bridgehead atoms. The molecule has 1 saturated carbocycles. The molecule has 5 nitrogen and oxygen atoms in total. The van der Waals surface area contributed by atoms with Crippen molar-refractivity contribution in [3.8, 4) is 6.01 Å². The van der Waals surface area contributed by atoms with Gasteiger partial charge in [0, 0.05) is 18.9 Å². The van der Waals surface area contributed by atoms with Gasteiger partial charge in [0.1, 0.15) is 7.40 Å². The van der Waals surface area contributed by atoms with Gasteiger partial charge >= 0.3 is 12.0 Å². The number of aromatic nitrogens is 2. The number of carbonyl (C=O) groups is 1. The van der Waals surface area contributed by atoms with Gasteiger partial charge in [0.2, 0.25) is 5.60 Å². The molecule has 0 aromatic carbocycles. The molecule has 1 aliphatic carbocycles. The lowest BCUT2D eigenvalue weighted by atomic mass is 10.3. The molecule has 7 heteroatoms. The monoisotopic (exact) mass is 446 g/mol. The highest BCUT2D eigenvalue weighted by atomic mass is 127. The standard InChI is InChI=1S/C9H8I2N2O3/c1-15-7(14)9(2-3-9)16-8-12-5(10)4-6(11)13-8/h4H,2-3H2,1H3. The lowest BCUT2D eigenvalue weighted by Gasteiger charge is -2.13. The Morgan fingerprint density at radius 3 is 2.38 bits per heavy atom. The predicted octanol–water partition coefficient (Wildman–Crippen LogP) is 1.77. The second-order valence-electron chi connectivity index (χ2n) is 3.38. The van der Waals surface area contributed by atoms with Gasteiger partial charge in [-0.3, -0.25) is 0 Å². The second kappa shape index (κ2) is 4.59. The summed E-state index contributed by atoms with van der Waals surface area (Å²) in [4.78, 5) is 19.7. The normalized spacial score (nSPS) is 16.7. The van der Waals surface area contributed by atoms with E-state index in [4.69, 9.17) is 4.74 Å². The van der Waals surface area contributed by atoms with E-state index in [2.05, 4.69) is 59.9 Å². The predicted molar refractivity (Wildman–Crippen MR) is 72.1 cm³/mol. The van der Waals surface area contributed by atoms with Crippen LogP contribution in [0.3, 0.4) is 0 Å². The summed E-state index contributed by atoms with van der Waals surface area (Å²) in [5.74, 6) is -0.357. The molecule has 2 rings (SSSR count). The van der Waals surface area contributed by atoms with Gasteiger partial charge in [-0.05, 0) is 45.2 Å². The van der Waals surface area contributed by atoms with Crippen molar-refractivity contribution in [2.24, 2.45) is 0 Å². The molecule has 0 unspecified atom stereocenters. The molecule has 1 fully saturated rings. The summed E-state index contributed by atoms with van der Waals surface area (Å²) in [5.41, 5.74) is -0.845. The third-order valence-electron chi connectivity index (χ3n) is 2.19. The number of rotatable bonds is 3. The van der Waals surface area contributed by atoms with Crippen molar-refractivity contribution in [2.45, 2.75) is 18.4 Å². The van der Waals surface area contributed by atoms with Crippen molar-refractivity contribution in [2.75, 3.05) is 7.11 Å². The fraction of sp³-hybridized carbons (Fsp3) is 0.444. The summed E-state index contributed by atoms with van der Waals surface area (Å²) in [6, 6.07) is 2.06. The topological polar surface area (TPSA) is 61.3 Å². The van der Waals surface area contributed by atoms with Crippen LogP contribution in [0.1, 0.15) is 12.8 Å². The van der Waals surface area contributed by atoms with E-state index < -0.39 is 5.60 Å². The van der Waals surface area contributed by atoms with Crippen LogP contribution in [0.4, 0.5) is 0 Å². The summed E-state index contributed by atoms with van der Waals surface area (Å²) in [6.45, 7) is 0. The van der Waals surface area contributed by atoms with Crippen LogP contribution in [0.15, 0.2) is 6.07 Å². The highest BCUT2D eigenvalue weighted by Gasteiger charge is 2.55. The number of methoxy groups -OCH3 is 1. The Morgan fingerprint density at radius 2 is 1.94 bits per heavy atom. The van der Waals surface area contributed by atoms with Crippen LogP contribution in [-0.4, -0.2) is 28.6 Å². The summed E-state index contributed by atoms with van der Waals surface area (Å²) in [7, 11) is 1.35. The Morgan fingerprint density at radius 1 is 1.38 bits per heavy atom. The molecule has 86 valence electrons. The molecule has 0 amide bonds. The molecule has 1 aromatic rings. The third-order valence-corrected chi connectivity index (χ3v) is 3.30. The van der Waals surface area contributed by atoms with Crippen molar-refractivity contribution < 1.29 is 14.3 Å². The van der Waals surface area contributed by atoms with E-state index in [1.54, 1.807) is 0 Å². The first-order chi connectivity index (χ1) is 7.55. The van der Waals surface area contributed by atoms with Gasteiger partial charge in [0.15, 0.2) is 0 Å². The minimum Gasteiger partial charge on any atom is -0.466 e. The maximum absolute atomic E-state index is 11.5. The lowest BCUT2D eigenvalue weighted by molar-refractivity contribution is -0.151. The smallest absolute Gasteiger partial charge is 0.350 e. The molecule has 0 saturated heterocycles. The number of esters is 1. The summed E-state index contributed by atoms with van der Waals surface area (Å²) < 4.78 is 11.8. The maximum atomic E-state index is 11.5. The van der Waals surface area contributed by atoms with Crippen molar-refractivity contribution >= 4 is 51.2 Å². The highest BCUT2D eigenvalue weighted by Crippen LogP contribution is 2.40. The first-order valence-electron chi connectivity index (χ1n) is 4.53. The van der Waals surface area contributed by atoms with E-state index >= 15 is 0 Å². The quantitative estimate of drug-likeness (QED) is 0.403. The Balaban J connectivity index is 2.18. The van der Waals surface area contributed by atoms with Crippen molar-refractivity contribution in [1.29, 1.82) is 0 Å². The van der Waals surface area contributed by atoms with E-state index in [9.17, 15) is 4.79 Å². The van der Waals surface area contributed by atoms with Crippen LogP contribution >= 0.6 is 45.2 Å². The number of carbonyl (C=O) groups excluding carboxylic acids is 1. The van der Waals surface area contributed by atoms with Gasteiger partial charge < -0.3 is 9.47 Å². The zero-order valence-electron chi connectivity index (χ0n) is 8.37. The second-order valence-corrected chi connectivity index (χ2v) is 5.59. The molecule has 0 radical (unpaired) electrons. The number of ether oxygens (including phenoxy) is 2. The van der Waals surface area contributed by atoms with Gasteiger partial charge in [0.25, 0.3) is 0 Å². The van der Waals surface area contributed by atoms with E-state index in [1.807, 2.05) is 6.07 Å². The summed E-state index contributed by atoms with van der Waals surface area (Å²) in [5, 5.41) is 0. The molecule has 0 aliphatic heterocycles. The summed E-state index contributed by atoms with van der Waals surface area (Å²) >= 11 is 4.16. The number of hydrogen-bond acceptors (Lipinski definition) is 5. The van der Waals surface area contributed by atoms with Gasteiger partial charge in [-0.15, -0.1) is 0 Å². The zero-order valence-corrected chi connectivity index (χ0v) is 12.7. The van der Waals surface area contributed by atoms with Crippen LogP contribution in [0.5, 0.6) is 6.01 Å². The van der Waals surface area contributed by atoms with Gasteiger partial charge in [-0.25, -0.2) is 4.79 Å². The number of nitrogens with zero attached hydrogens (tertiary/aromatic N) is 2. The molecular formula is C9H8I2N2O3. The average molecular weight is 446 g/mol. The van der Waals surface area contributed by atoms with Gasteiger partial charge in [0.05, 0.1) is 7.11 Å². The number of hydrogen-bond donors (Lipinski definition) is 0. The van der Waals surface area contributed by atoms with E-state index in [1.165, 1.54) is 7.11 Å². The van der Waals surface area contributed by atoms with Crippen molar-refractivity contribution in [1.82, 2.24) is 9.97 Å². The molecular weight excluding hydrogens is 438 g/mol. The SMILES string of the molecule is COC(=O)C1(Oc2nc(I)cc(I)n2)CC1. The molecule has 0 atom stereocenters. The Labute approximate surface area is 120 Å². The fourth-order valence-electron chi connectivity index (χ4n) is 1.24. The summed E-state index contributed by atoms with van der Waals surface area (Å²) in [6.07, 6.45) is 1.32. The highest BCUT2D eigenvalue weighted by molar-refractivity contribution is 14.1. The maximum Gasteiger partial charge on any atom is 0.350 e. The van der Waals surface area contributed by atoms with Gasteiger partial charge in [-0.1, -0.05) is 0 Å². The van der Waals surface area contributed by atoms with Crippen molar-refractivity contribution in [3.05, 3.63) is 13.5 Å². The van der Waals surface area contributed by atoms with E-state index in [-0.39, 0.29) is 12.0 Å². The average Bonchev–Trinajstić information content (AvgIpc) is 2.96. The van der Waals surface area contributed by atoms with Crippen LogP contribution in [0.25, 0.3) is 0 Å². The van der Waals surface area contributed by atoms with Crippen LogP contribution in [0, 0.1) is 7.40 Å². The van der Waals surface area contributed by atoms with Crippen LogP contribution in [-0.2, 0) is 9.53 Å². The molecule has 1 aliphatic rings. The molecule has 0 N–H and O–H groups in total. The zero-order chi connectivity index (χ0) is 11.8. The minimum absolute atomic E-state index is 0.235. The van der Waals surface area contributed by atoms with E-state index in [0.717, 1.165) is 7.40 Å².